The molecule has 176 valence electrons. The standard InChI is InChI=1S/2C7H6N2.2C6H5N3/c1-3-7-8-4-2-6-9(7)5-1;1-2-7-6-8-3-5-9(7)4-1;1-2-6-8-4-7-5-9(6)3-1;1-2-6-4-7-5-8-9(6)3-1/h2*1-6H;2*1-5H. The number of aromatic nitrogens is 10. The van der Waals surface area contributed by atoms with Crippen molar-refractivity contribution in [3.63, 3.8) is 0 Å². The van der Waals surface area contributed by atoms with Crippen molar-refractivity contribution >= 4 is 22.3 Å². The normalized spacial score (nSPS) is 10.2. The van der Waals surface area contributed by atoms with Crippen molar-refractivity contribution in [3.8, 4) is 0 Å². The van der Waals surface area contributed by atoms with Gasteiger partial charge in [0.1, 0.15) is 30.3 Å². The minimum Gasteiger partial charge on any atom is -0.321 e. The Balaban J connectivity index is 0.0000000988. The Labute approximate surface area is 205 Å². The lowest BCUT2D eigenvalue weighted by Gasteiger charge is -1.87. The van der Waals surface area contributed by atoms with Gasteiger partial charge in [0.2, 0.25) is 0 Å². The first kappa shape index (κ1) is 22.4. The molecule has 8 rings (SSSR count). The molecule has 0 fully saturated rings. The largest absolute Gasteiger partial charge is 0.321 e. The maximum absolute atomic E-state index is 4.10. The smallest absolute Gasteiger partial charge is 0.139 e. The van der Waals surface area contributed by atoms with E-state index < -0.39 is 0 Å². The first-order valence-electron chi connectivity index (χ1n) is 11.1. The molecule has 0 aromatic carbocycles. The molecule has 0 atom stereocenters. The quantitative estimate of drug-likeness (QED) is 0.328. The lowest BCUT2D eigenvalue weighted by Crippen LogP contribution is -1.87. The van der Waals surface area contributed by atoms with Crippen LogP contribution in [0.25, 0.3) is 22.3 Å². The van der Waals surface area contributed by atoms with E-state index in [1.807, 2.05) is 111 Å². The highest BCUT2D eigenvalue weighted by molar-refractivity contribution is 5.44. The Hall–Kier alpha value is -5.38. The number of nitrogens with zero attached hydrogens (tertiary/aromatic N) is 10. The zero-order chi connectivity index (χ0) is 24.4. The van der Waals surface area contributed by atoms with Crippen LogP contribution in [0.5, 0.6) is 0 Å². The van der Waals surface area contributed by atoms with E-state index in [-0.39, 0.29) is 0 Å². The van der Waals surface area contributed by atoms with Gasteiger partial charge >= 0.3 is 0 Å². The highest BCUT2D eigenvalue weighted by Crippen LogP contribution is 1.99. The molecule has 10 heteroatoms. The van der Waals surface area contributed by atoms with Gasteiger partial charge in [0.05, 0.1) is 23.4 Å². The minimum absolute atomic E-state index is 0.935. The summed E-state index contributed by atoms with van der Waals surface area (Å²) in [6.07, 6.45) is 23.6. The maximum atomic E-state index is 4.10. The van der Waals surface area contributed by atoms with Crippen LogP contribution in [-0.2, 0) is 0 Å². The van der Waals surface area contributed by atoms with Crippen LogP contribution >= 0.6 is 0 Å². The lowest BCUT2D eigenvalue weighted by molar-refractivity contribution is 0.903. The van der Waals surface area contributed by atoms with Crippen molar-refractivity contribution in [3.05, 3.63) is 136 Å². The average Bonchev–Trinajstić information content (AvgIpc) is 3.76. The molecule has 0 saturated carbocycles. The second-order valence-electron chi connectivity index (χ2n) is 7.38. The second-order valence-corrected chi connectivity index (χ2v) is 7.38. The molecule has 0 radical (unpaired) electrons. The van der Waals surface area contributed by atoms with Gasteiger partial charge in [-0.05, 0) is 54.6 Å². The molecule has 0 bridgehead atoms. The minimum atomic E-state index is 0.935. The predicted octanol–water partition coefficient (Wildman–Crippen LogP) is 4.13. The van der Waals surface area contributed by atoms with Gasteiger partial charge in [0, 0.05) is 49.6 Å². The molecule has 0 amide bonds. The Bertz CT molecular complexity index is 1390. The number of rotatable bonds is 0. The molecular weight excluding hydrogens is 452 g/mol. The molecule has 8 aromatic heterocycles. The molecule has 0 N–H and O–H groups in total. The van der Waals surface area contributed by atoms with E-state index in [2.05, 4.69) is 30.0 Å². The number of hydrogen-bond donors (Lipinski definition) is 0. The van der Waals surface area contributed by atoms with Crippen LogP contribution in [-0.4, -0.2) is 47.7 Å². The summed E-state index contributed by atoms with van der Waals surface area (Å²) in [6, 6.07) is 17.6. The summed E-state index contributed by atoms with van der Waals surface area (Å²) in [4.78, 5) is 19.8. The van der Waals surface area contributed by atoms with Crippen LogP contribution in [0.15, 0.2) is 136 Å². The SMILES string of the molecule is c1cc2cnccn2c1.c1cc2cncnn2c1.c1cc2ncncn2c1.c1cnc2cccn2c1. The van der Waals surface area contributed by atoms with Crippen LogP contribution in [0.4, 0.5) is 0 Å². The van der Waals surface area contributed by atoms with Crippen molar-refractivity contribution < 1.29 is 0 Å². The highest BCUT2D eigenvalue weighted by Gasteiger charge is 1.88. The van der Waals surface area contributed by atoms with E-state index in [1.165, 1.54) is 12.7 Å². The van der Waals surface area contributed by atoms with E-state index in [0.717, 1.165) is 22.3 Å². The maximum Gasteiger partial charge on any atom is 0.139 e. The van der Waals surface area contributed by atoms with Crippen molar-refractivity contribution in [2.45, 2.75) is 0 Å². The molecule has 0 unspecified atom stereocenters. The van der Waals surface area contributed by atoms with E-state index in [1.54, 1.807) is 29.4 Å². The summed E-state index contributed by atoms with van der Waals surface area (Å²) in [5, 5.41) is 3.95. The van der Waals surface area contributed by atoms with Crippen molar-refractivity contribution in [1.82, 2.24) is 47.7 Å². The molecule has 0 saturated heterocycles. The number of fused-ring (bicyclic) bond motifs is 4. The third-order valence-corrected chi connectivity index (χ3v) is 5.04. The summed E-state index contributed by atoms with van der Waals surface area (Å²) in [5.74, 6) is 0. The Morgan fingerprint density at radius 2 is 1.22 bits per heavy atom. The molecule has 0 aliphatic rings. The molecule has 8 heterocycles. The first-order valence-corrected chi connectivity index (χ1v) is 11.1. The molecule has 0 aliphatic heterocycles. The van der Waals surface area contributed by atoms with Crippen molar-refractivity contribution in [1.29, 1.82) is 0 Å². The van der Waals surface area contributed by atoms with Crippen LogP contribution < -0.4 is 0 Å². The molecule has 0 aliphatic carbocycles. The lowest BCUT2D eigenvalue weighted by atomic mass is 10.5. The zero-order valence-electron chi connectivity index (χ0n) is 19.2. The van der Waals surface area contributed by atoms with E-state index in [9.17, 15) is 0 Å². The summed E-state index contributed by atoms with van der Waals surface area (Å²) >= 11 is 0. The van der Waals surface area contributed by atoms with Gasteiger partial charge in [-0.15, -0.1) is 0 Å². The van der Waals surface area contributed by atoms with Crippen LogP contribution in [0, 0.1) is 0 Å². The Morgan fingerprint density at radius 1 is 0.500 bits per heavy atom. The van der Waals surface area contributed by atoms with Gasteiger partial charge in [0.15, 0.2) is 0 Å². The average molecular weight is 475 g/mol. The van der Waals surface area contributed by atoms with Crippen molar-refractivity contribution in [2.75, 3.05) is 0 Å². The Kier molecular flexibility index (Phi) is 6.95. The summed E-state index contributed by atoms with van der Waals surface area (Å²) < 4.78 is 7.63. The summed E-state index contributed by atoms with van der Waals surface area (Å²) in [7, 11) is 0. The van der Waals surface area contributed by atoms with Gasteiger partial charge in [-0.2, -0.15) is 5.10 Å². The first-order chi connectivity index (χ1) is 17.9. The Morgan fingerprint density at radius 3 is 2.06 bits per heavy atom. The number of hydrogen-bond acceptors (Lipinski definition) is 6. The monoisotopic (exact) mass is 474 g/mol. The van der Waals surface area contributed by atoms with Gasteiger partial charge in [-0.3, -0.25) is 9.38 Å². The van der Waals surface area contributed by atoms with Gasteiger partial charge in [-0.1, -0.05) is 0 Å². The molecule has 36 heavy (non-hydrogen) atoms. The molecule has 8 aromatic rings. The molecule has 10 nitrogen and oxygen atoms in total. The second kappa shape index (κ2) is 11.2. The fraction of sp³-hybridized carbons (Fsp3) is 0. The van der Waals surface area contributed by atoms with E-state index >= 15 is 0 Å². The zero-order valence-corrected chi connectivity index (χ0v) is 19.2. The summed E-state index contributed by atoms with van der Waals surface area (Å²) in [5.41, 5.74) is 4.09. The fourth-order valence-electron chi connectivity index (χ4n) is 3.33. The highest BCUT2D eigenvalue weighted by atomic mass is 15.2. The van der Waals surface area contributed by atoms with Crippen LogP contribution in [0.1, 0.15) is 0 Å². The fourth-order valence-corrected chi connectivity index (χ4v) is 3.33. The van der Waals surface area contributed by atoms with Crippen LogP contribution in [0.2, 0.25) is 0 Å². The van der Waals surface area contributed by atoms with E-state index in [4.69, 9.17) is 0 Å². The molecular formula is C26H22N10. The van der Waals surface area contributed by atoms with E-state index in [0.29, 0.717) is 0 Å². The van der Waals surface area contributed by atoms with Crippen molar-refractivity contribution in [2.24, 2.45) is 0 Å². The van der Waals surface area contributed by atoms with Gasteiger partial charge < -0.3 is 8.80 Å². The summed E-state index contributed by atoms with van der Waals surface area (Å²) in [6.45, 7) is 0. The van der Waals surface area contributed by atoms with Gasteiger partial charge in [0.25, 0.3) is 0 Å². The molecule has 0 spiro atoms. The van der Waals surface area contributed by atoms with Gasteiger partial charge in [-0.25, -0.2) is 24.5 Å². The van der Waals surface area contributed by atoms with Crippen LogP contribution in [0.3, 0.4) is 0 Å². The third-order valence-electron chi connectivity index (χ3n) is 5.04. The topological polar surface area (TPSA) is 95.0 Å². The third kappa shape index (κ3) is 5.57. The predicted molar refractivity (Wildman–Crippen MR) is 136 cm³/mol.